The molecular weight excluding hydrogens is 441 g/mol. The number of nitrogens with zero attached hydrogens (tertiary/aromatic N) is 4. The van der Waals surface area contributed by atoms with Crippen molar-refractivity contribution in [2.24, 2.45) is 0 Å². The monoisotopic (exact) mass is 460 g/mol. The number of hydrogen-bond acceptors (Lipinski definition) is 7. The highest BCUT2D eigenvalue weighted by molar-refractivity contribution is 5.90. The summed E-state index contributed by atoms with van der Waals surface area (Å²) in [7, 11) is 2.96. The number of aliphatic hydroxyl groups excluding tert-OH is 1. The highest BCUT2D eigenvalue weighted by Crippen LogP contribution is 2.37. The van der Waals surface area contributed by atoms with E-state index in [-0.39, 0.29) is 11.6 Å². The zero-order chi connectivity index (χ0) is 23.9. The summed E-state index contributed by atoms with van der Waals surface area (Å²) in [5.41, 5.74) is 1.79. The van der Waals surface area contributed by atoms with E-state index >= 15 is 0 Å². The molecule has 0 amide bonds. The molecule has 8 nitrogen and oxygen atoms in total. The maximum atomic E-state index is 12.9. The van der Waals surface area contributed by atoms with Crippen molar-refractivity contribution in [2.75, 3.05) is 14.2 Å². The molecule has 0 aliphatic rings. The van der Waals surface area contributed by atoms with Gasteiger partial charge in [-0.2, -0.15) is 13.2 Å². The number of aliphatic hydroxyl groups is 1. The maximum absolute atomic E-state index is 12.9. The Labute approximate surface area is 185 Å². The Kier molecular flexibility index (Phi) is 5.58. The minimum absolute atomic E-state index is 0.151. The lowest BCUT2D eigenvalue weighted by molar-refractivity contribution is -0.206. The fourth-order valence-electron chi connectivity index (χ4n) is 3.55. The van der Waals surface area contributed by atoms with Crippen molar-refractivity contribution in [1.82, 2.24) is 19.5 Å². The van der Waals surface area contributed by atoms with Crippen LogP contribution in [0.5, 0.6) is 17.5 Å². The summed E-state index contributed by atoms with van der Waals surface area (Å²) in [5, 5.41) is 20.8. The van der Waals surface area contributed by atoms with Crippen LogP contribution in [0.15, 0.2) is 42.9 Å². The van der Waals surface area contributed by atoms with Crippen LogP contribution in [0, 0.1) is 6.92 Å². The highest BCUT2D eigenvalue weighted by Gasteiger charge is 2.39. The van der Waals surface area contributed by atoms with Crippen molar-refractivity contribution in [1.29, 1.82) is 0 Å². The third-order valence-corrected chi connectivity index (χ3v) is 5.18. The van der Waals surface area contributed by atoms with Crippen molar-refractivity contribution in [3.8, 4) is 34.5 Å². The van der Waals surface area contributed by atoms with E-state index in [0.29, 0.717) is 39.5 Å². The number of halogens is 3. The van der Waals surface area contributed by atoms with Gasteiger partial charge < -0.3 is 19.7 Å². The Morgan fingerprint density at radius 3 is 2.48 bits per heavy atom. The molecule has 4 rings (SSSR count). The second-order valence-electron chi connectivity index (χ2n) is 7.19. The van der Waals surface area contributed by atoms with E-state index in [4.69, 9.17) is 9.47 Å². The van der Waals surface area contributed by atoms with Gasteiger partial charge in [-0.25, -0.2) is 9.97 Å². The smallest absolute Gasteiger partial charge is 0.418 e. The summed E-state index contributed by atoms with van der Waals surface area (Å²) in [5.74, 6) is 0.517. The number of aryl methyl sites for hydroxylation is 1. The first-order valence-corrected chi connectivity index (χ1v) is 9.65. The molecule has 0 aromatic carbocycles. The standard InChI is InChI=1S/C22H19F3N4O4/c1-11-18-15(4-5-16(28-18)12-7-17(32-2)20(33-3)27-9-12)21(31)29(11)14-6-13(8-26-10-14)19(30)22(23,24)25/h4-10,19,30-31H,1-3H3. The van der Waals surface area contributed by atoms with Gasteiger partial charge in [0.1, 0.15) is 0 Å². The van der Waals surface area contributed by atoms with E-state index in [2.05, 4.69) is 15.0 Å². The average Bonchev–Trinajstić information content (AvgIpc) is 3.06. The van der Waals surface area contributed by atoms with Gasteiger partial charge in [0.15, 0.2) is 11.9 Å². The van der Waals surface area contributed by atoms with Gasteiger partial charge in [-0.05, 0) is 31.2 Å². The molecule has 0 saturated heterocycles. The van der Waals surface area contributed by atoms with Crippen LogP contribution in [0.3, 0.4) is 0 Å². The summed E-state index contributed by atoms with van der Waals surface area (Å²) in [6, 6.07) is 6.15. The molecule has 0 aliphatic carbocycles. The number of aromatic hydroxyl groups is 1. The van der Waals surface area contributed by atoms with Crippen LogP contribution in [-0.4, -0.2) is 50.1 Å². The predicted octanol–water partition coefficient (Wildman–Crippen LogP) is 4.11. The Balaban J connectivity index is 1.82. The topological polar surface area (TPSA) is 103 Å². The number of rotatable bonds is 5. The fourth-order valence-corrected chi connectivity index (χ4v) is 3.55. The van der Waals surface area contributed by atoms with Crippen molar-refractivity contribution < 1.29 is 32.9 Å². The number of hydrogen-bond donors (Lipinski definition) is 2. The molecule has 2 N–H and O–H groups in total. The van der Waals surface area contributed by atoms with Gasteiger partial charge in [0.05, 0.1) is 42.7 Å². The maximum Gasteiger partial charge on any atom is 0.418 e. The Bertz CT molecular complexity index is 1340. The second-order valence-corrected chi connectivity index (χ2v) is 7.19. The minimum Gasteiger partial charge on any atom is -0.494 e. The number of alkyl halides is 3. The number of pyridine rings is 3. The lowest BCUT2D eigenvalue weighted by Crippen LogP contribution is -2.20. The van der Waals surface area contributed by atoms with Gasteiger partial charge in [-0.15, -0.1) is 0 Å². The lowest BCUT2D eigenvalue weighted by atomic mass is 10.1. The Morgan fingerprint density at radius 1 is 1.06 bits per heavy atom. The van der Waals surface area contributed by atoms with Gasteiger partial charge in [0, 0.05) is 29.2 Å². The van der Waals surface area contributed by atoms with E-state index in [9.17, 15) is 23.4 Å². The van der Waals surface area contributed by atoms with E-state index in [1.807, 2.05) is 0 Å². The average molecular weight is 460 g/mol. The van der Waals surface area contributed by atoms with E-state index < -0.39 is 17.8 Å². The molecule has 4 aromatic heterocycles. The van der Waals surface area contributed by atoms with Crippen LogP contribution >= 0.6 is 0 Å². The van der Waals surface area contributed by atoms with E-state index in [1.54, 1.807) is 31.3 Å². The molecule has 0 bridgehead atoms. The van der Waals surface area contributed by atoms with Gasteiger partial charge in [-0.3, -0.25) is 9.55 Å². The third-order valence-electron chi connectivity index (χ3n) is 5.18. The number of aromatic nitrogens is 4. The third kappa shape index (κ3) is 3.91. The molecule has 0 aliphatic heterocycles. The molecule has 4 aromatic rings. The van der Waals surface area contributed by atoms with Crippen LogP contribution in [-0.2, 0) is 0 Å². The highest BCUT2D eigenvalue weighted by atomic mass is 19.4. The van der Waals surface area contributed by atoms with Gasteiger partial charge >= 0.3 is 6.18 Å². The largest absolute Gasteiger partial charge is 0.494 e. The predicted molar refractivity (Wildman–Crippen MR) is 113 cm³/mol. The van der Waals surface area contributed by atoms with Gasteiger partial charge in [-0.1, -0.05) is 0 Å². The number of ether oxygens (including phenoxy) is 2. The van der Waals surface area contributed by atoms with Crippen LogP contribution in [0.1, 0.15) is 17.4 Å². The quantitative estimate of drug-likeness (QED) is 0.462. The zero-order valence-electron chi connectivity index (χ0n) is 17.8. The summed E-state index contributed by atoms with van der Waals surface area (Å²) in [6.45, 7) is 1.67. The normalized spacial score (nSPS) is 12.7. The van der Waals surface area contributed by atoms with Crippen molar-refractivity contribution in [3.05, 3.63) is 54.1 Å². The van der Waals surface area contributed by atoms with E-state index in [0.717, 1.165) is 12.3 Å². The molecular formula is C22H19F3N4O4. The van der Waals surface area contributed by atoms with Crippen LogP contribution in [0.4, 0.5) is 13.2 Å². The molecule has 1 atom stereocenters. The minimum atomic E-state index is -4.84. The zero-order valence-corrected chi connectivity index (χ0v) is 17.8. The van der Waals surface area contributed by atoms with E-state index in [1.165, 1.54) is 25.0 Å². The Hall–Kier alpha value is -3.86. The Morgan fingerprint density at radius 2 is 1.82 bits per heavy atom. The lowest BCUT2D eigenvalue weighted by Gasteiger charge is -2.16. The molecule has 0 spiro atoms. The van der Waals surface area contributed by atoms with Crippen molar-refractivity contribution >= 4 is 10.9 Å². The molecule has 1 unspecified atom stereocenters. The fraction of sp³-hybridized carbons (Fsp3) is 0.227. The summed E-state index contributed by atoms with van der Waals surface area (Å²) >= 11 is 0. The molecule has 0 radical (unpaired) electrons. The second kappa shape index (κ2) is 8.24. The molecule has 11 heteroatoms. The summed E-state index contributed by atoms with van der Waals surface area (Å²) in [4.78, 5) is 12.6. The van der Waals surface area contributed by atoms with Crippen LogP contribution in [0.2, 0.25) is 0 Å². The molecule has 0 saturated carbocycles. The van der Waals surface area contributed by atoms with Crippen LogP contribution in [0.25, 0.3) is 27.8 Å². The first kappa shape index (κ1) is 22.3. The molecule has 33 heavy (non-hydrogen) atoms. The number of fused-ring (bicyclic) bond motifs is 1. The molecule has 0 fully saturated rings. The molecule has 4 heterocycles. The first-order chi connectivity index (χ1) is 15.7. The van der Waals surface area contributed by atoms with Gasteiger partial charge in [0.25, 0.3) is 5.88 Å². The first-order valence-electron chi connectivity index (χ1n) is 9.65. The van der Waals surface area contributed by atoms with Crippen molar-refractivity contribution in [3.63, 3.8) is 0 Å². The van der Waals surface area contributed by atoms with Crippen LogP contribution < -0.4 is 9.47 Å². The number of methoxy groups -OCH3 is 2. The summed E-state index contributed by atoms with van der Waals surface area (Å²) < 4.78 is 50.6. The van der Waals surface area contributed by atoms with Crippen molar-refractivity contribution in [2.45, 2.75) is 19.2 Å². The summed E-state index contributed by atoms with van der Waals surface area (Å²) in [6.07, 6.45) is -3.76. The van der Waals surface area contributed by atoms with Gasteiger partial charge in [0.2, 0.25) is 5.88 Å². The molecule has 172 valence electrons. The SMILES string of the molecule is COc1cc(-c2ccc3c(O)n(-c4cncc(C(O)C(F)(F)F)c4)c(C)c3n2)cnc1OC.